The summed E-state index contributed by atoms with van der Waals surface area (Å²) in [5.41, 5.74) is 3.95. The minimum atomic E-state index is -0.371. The molecule has 2 aliphatic heterocycles. The predicted molar refractivity (Wildman–Crippen MR) is 78.0 cm³/mol. The monoisotopic (exact) mass is 271 g/mol. The van der Waals surface area contributed by atoms with E-state index in [1.165, 1.54) is 16.7 Å². The van der Waals surface area contributed by atoms with E-state index in [4.69, 9.17) is 4.74 Å². The van der Waals surface area contributed by atoms with Crippen molar-refractivity contribution >= 4 is 0 Å². The van der Waals surface area contributed by atoms with Crippen molar-refractivity contribution in [2.75, 3.05) is 13.6 Å². The molecule has 20 heavy (non-hydrogen) atoms. The highest BCUT2D eigenvalue weighted by atomic mass is 16.5. The summed E-state index contributed by atoms with van der Waals surface area (Å²) in [6.07, 6.45) is 5.68. The van der Waals surface area contributed by atoms with Gasteiger partial charge in [0.25, 0.3) is 0 Å². The van der Waals surface area contributed by atoms with Gasteiger partial charge in [0.1, 0.15) is 11.9 Å². The molecule has 3 aliphatic rings. The number of ether oxygens (including phenoxy) is 1. The molecule has 2 unspecified atom stereocenters. The van der Waals surface area contributed by atoms with Crippen LogP contribution in [0.1, 0.15) is 29.5 Å². The first-order chi connectivity index (χ1) is 9.60. The highest BCUT2D eigenvalue weighted by molar-refractivity contribution is 5.57. The van der Waals surface area contributed by atoms with Crippen LogP contribution in [0, 0.1) is 6.92 Å². The summed E-state index contributed by atoms with van der Waals surface area (Å²) in [6.45, 7) is 4.17. The van der Waals surface area contributed by atoms with Crippen molar-refractivity contribution in [3.8, 4) is 5.75 Å². The maximum atomic E-state index is 9.95. The number of aliphatic hydroxyl groups is 1. The summed E-state index contributed by atoms with van der Waals surface area (Å²) in [4.78, 5) is 2.38. The zero-order chi connectivity index (χ0) is 13.9. The second-order valence-electron chi connectivity index (χ2n) is 6.54. The molecule has 3 nitrogen and oxygen atoms in total. The largest absolute Gasteiger partial charge is 0.488 e. The molecule has 1 aromatic carbocycles. The van der Waals surface area contributed by atoms with Crippen molar-refractivity contribution < 1.29 is 9.84 Å². The van der Waals surface area contributed by atoms with Crippen LogP contribution in [0.4, 0.5) is 0 Å². The molecule has 0 amide bonds. The SMILES string of the molecule is Cc1ccc2c3c1OC1C[C@@H](O)C=CC31CCN(C)C2. The van der Waals surface area contributed by atoms with Gasteiger partial charge in [-0.15, -0.1) is 0 Å². The van der Waals surface area contributed by atoms with Crippen molar-refractivity contribution in [3.05, 3.63) is 41.0 Å². The third kappa shape index (κ3) is 1.54. The molecule has 4 rings (SSSR count). The van der Waals surface area contributed by atoms with Crippen LogP contribution in [0.25, 0.3) is 0 Å². The lowest BCUT2D eigenvalue weighted by Gasteiger charge is -2.35. The second-order valence-corrected chi connectivity index (χ2v) is 6.54. The van der Waals surface area contributed by atoms with E-state index in [0.29, 0.717) is 6.42 Å². The van der Waals surface area contributed by atoms with Crippen LogP contribution < -0.4 is 4.74 Å². The topological polar surface area (TPSA) is 32.7 Å². The number of aryl methyl sites for hydroxylation is 1. The average Bonchev–Trinajstić information content (AvgIpc) is 2.68. The fourth-order valence-corrected chi connectivity index (χ4v) is 4.07. The quantitative estimate of drug-likeness (QED) is 0.734. The number of benzene rings is 1. The Kier molecular flexibility index (Phi) is 2.54. The summed E-state index contributed by atoms with van der Waals surface area (Å²) < 4.78 is 6.29. The molecule has 1 aliphatic carbocycles. The number of hydrogen-bond donors (Lipinski definition) is 1. The molecule has 0 saturated heterocycles. The Bertz CT molecular complexity index is 595. The van der Waals surface area contributed by atoms with E-state index in [1.807, 2.05) is 6.08 Å². The minimum absolute atomic E-state index is 0.0271. The van der Waals surface area contributed by atoms with Gasteiger partial charge >= 0.3 is 0 Å². The van der Waals surface area contributed by atoms with Gasteiger partial charge in [-0.05, 0) is 38.1 Å². The van der Waals surface area contributed by atoms with Crippen molar-refractivity contribution in [2.24, 2.45) is 0 Å². The number of aliphatic hydroxyl groups excluding tert-OH is 1. The molecular weight excluding hydrogens is 250 g/mol. The van der Waals surface area contributed by atoms with Gasteiger partial charge in [-0.2, -0.15) is 0 Å². The summed E-state index contributed by atoms with van der Waals surface area (Å²) in [5, 5.41) is 9.95. The summed E-state index contributed by atoms with van der Waals surface area (Å²) >= 11 is 0. The van der Waals surface area contributed by atoms with Gasteiger partial charge < -0.3 is 14.7 Å². The maximum absolute atomic E-state index is 9.95. The Morgan fingerprint density at radius 3 is 3.10 bits per heavy atom. The smallest absolute Gasteiger partial charge is 0.127 e. The fourth-order valence-electron chi connectivity index (χ4n) is 4.07. The van der Waals surface area contributed by atoms with Gasteiger partial charge in [0.2, 0.25) is 0 Å². The van der Waals surface area contributed by atoms with Gasteiger partial charge in [-0.25, -0.2) is 0 Å². The predicted octanol–water partition coefficient (Wildman–Crippen LogP) is 2.15. The maximum Gasteiger partial charge on any atom is 0.127 e. The van der Waals surface area contributed by atoms with Crippen molar-refractivity contribution in [3.63, 3.8) is 0 Å². The molecule has 0 bridgehead atoms. The molecule has 106 valence electrons. The third-order valence-corrected chi connectivity index (χ3v) is 5.16. The molecule has 0 fully saturated rings. The van der Waals surface area contributed by atoms with Gasteiger partial charge in [-0.1, -0.05) is 24.3 Å². The first kappa shape index (κ1) is 12.4. The Labute approximate surface area is 119 Å². The second kappa shape index (κ2) is 4.09. The van der Waals surface area contributed by atoms with Crippen molar-refractivity contribution in [1.82, 2.24) is 4.90 Å². The van der Waals surface area contributed by atoms with Crippen LogP contribution in [-0.4, -0.2) is 35.8 Å². The molecule has 1 N–H and O–H groups in total. The molecular formula is C17H21NO2. The molecule has 3 heteroatoms. The first-order valence-corrected chi connectivity index (χ1v) is 7.46. The molecule has 0 saturated carbocycles. The lowest BCUT2D eigenvalue weighted by molar-refractivity contribution is 0.0833. The van der Waals surface area contributed by atoms with Crippen molar-refractivity contribution in [1.29, 1.82) is 0 Å². The summed E-state index contributed by atoms with van der Waals surface area (Å²) in [6, 6.07) is 4.42. The number of rotatable bonds is 0. The van der Waals surface area contributed by atoms with E-state index in [2.05, 4.69) is 37.1 Å². The first-order valence-electron chi connectivity index (χ1n) is 7.46. The van der Waals surface area contributed by atoms with Crippen LogP contribution >= 0.6 is 0 Å². The average molecular weight is 271 g/mol. The van der Waals surface area contributed by atoms with E-state index in [-0.39, 0.29) is 17.6 Å². The third-order valence-electron chi connectivity index (χ3n) is 5.16. The zero-order valence-corrected chi connectivity index (χ0v) is 12.1. The van der Waals surface area contributed by atoms with Crippen LogP contribution in [-0.2, 0) is 12.0 Å². The van der Waals surface area contributed by atoms with E-state index in [0.717, 1.165) is 25.3 Å². The highest BCUT2D eigenvalue weighted by Gasteiger charge is 2.51. The molecule has 0 aromatic heterocycles. The van der Waals surface area contributed by atoms with Crippen LogP contribution in [0.2, 0.25) is 0 Å². The summed E-state index contributed by atoms with van der Waals surface area (Å²) in [5.74, 6) is 1.07. The van der Waals surface area contributed by atoms with Crippen LogP contribution in [0.5, 0.6) is 5.75 Å². The molecule has 1 aromatic rings. The van der Waals surface area contributed by atoms with Crippen molar-refractivity contribution in [2.45, 2.75) is 43.9 Å². The zero-order valence-electron chi connectivity index (χ0n) is 12.1. The van der Waals surface area contributed by atoms with Crippen LogP contribution in [0.3, 0.4) is 0 Å². The van der Waals surface area contributed by atoms with Crippen LogP contribution in [0.15, 0.2) is 24.3 Å². The Hall–Kier alpha value is -1.32. The summed E-state index contributed by atoms with van der Waals surface area (Å²) in [7, 11) is 2.18. The standard InChI is InChI=1S/C17H21NO2/c1-11-3-4-12-10-18(2)8-7-17-6-5-13(19)9-14(17)20-16(11)15(12)17/h3-6,13-14,19H,7-10H2,1-2H3/t13-,14?,17?/m0/s1. The van der Waals surface area contributed by atoms with Gasteiger partial charge in [0, 0.05) is 18.5 Å². The normalized spacial score (nSPS) is 35.1. The molecule has 3 atom stereocenters. The van der Waals surface area contributed by atoms with Gasteiger partial charge in [0.15, 0.2) is 0 Å². The lowest BCUT2D eigenvalue weighted by Crippen LogP contribution is -2.42. The van der Waals surface area contributed by atoms with Gasteiger partial charge in [0.05, 0.1) is 11.5 Å². The Morgan fingerprint density at radius 1 is 1.40 bits per heavy atom. The highest BCUT2D eigenvalue weighted by Crippen LogP contribution is 2.53. The van der Waals surface area contributed by atoms with E-state index >= 15 is 0 Å². The fraction of sp³-hybridized carbons (Fsp3) is 0.529. The molecule has 0 radical (unpaired) electrons. The van der Waals surface area contributed by atoms with E-state index in [1.54, 1.807) is 0 Å². The Balaban J connectivity index is 1.96. The lowest BCUT2D eigenvalue weighted by atomic mass is 9.69. The molecule has 2 heterocycles. The number of nitrogens with zero attached hydrogens (tertiary/aromatic N) is 1. The van der Waals surface area contributed by atoms with E-state index < -0.39 is 0 Å². The number of hydrogen-bond acceptors (Lipinski definition) is 3. The molecule has 1 spiro atoms. The van der Waals surface area contributed by atoms with E-state index in [9.17, 15) is 5.11 Å². The Morgan fingerprint density at radius 2 is 2.25 bits per heavy atom. The minimum Gasteiger partial charge on any atom is -0.488 e. The van der Waals surface area contributed by atoms with Gasteiger partial charge in [-0.3, -0.25) is 0 Å².